The number of benzene rings is 1. The molecule has 0 saturated heterocycles. The molecule has 0 radical (unpaired) electrons. The van der Waals surface area contributed by atoms with Crippen molar-refractivity contribution in [2.75, 3.05) is 5.32 Å². The van der Waals surface area contributed by atoms with E-state index in [9.17, 15) is 10.1 Å². The quantitative estimate of drug-likeness (QED) is 0.419. The van der Waals surface area contributed by atoms with E-state index in [0.29, 0.717) is 17.3 Å². The smallest absolute Gasteiger partial charge is 0.311 e. The maximum atomic E-state index is 11.3. The number of hydrogen-bond donors (Lipinski definition) is 1. The maximum Gasteiger partial charge on any atom is 0.311 e. The molecule has 24 heavy (non-hydrogen) atoms. The normalized spacial score (nSPS) is 10.4. The number of pyridine rings is 2. The third kappa shape index (κ3) is 3.49. The van der Waals surface area contributed by atoms with Crippen molar-refractivity contribution in [1.29, 1.82) is 0 Å². The molecule has 120 valence electrons. The summed E-state index contributed by atoms with van der Waals surface area (Å²) in [4.78, 5) is 19.3. The number of rotatable bonds is 5. The molecule has 0 atom stereocenters. The highest BCUT2D eigenvalue weighted by Crippen LogP contribution is 2.29. The van der Waals surface area contributed by atoms with Crippen LogP contribution in [0.3, 0.4) is 0 Å². The molecule has 0 aliphatic rings. The largest absolute Gasteiger partial charge is 0.333 e. The van der Waals surface area contributed by atoms with Crippen LogP contribution in [0.1, 0.15) is 5.69 Å². The van der Waals surface area contributed by atoms with Crippen LogP contribution in [0.2, 0.25) is 0 Å². The summed E-state index contributed by atoms with van der Waals surface area (Å²) in [6.45, 7) is 0. The van der Waals surface area contributed by atoms with E-state index in [1.165, 1.54) is 6.07 Å². The Bertz CT molecular complexity index is 854. The van der Waals surface area contributed by atoms with Crippen molar-refractivity contribution in [3.8, 4) is 11.3 Å². The summed E-state index contributed by atoms with van der Waals surface area (Å²) >= 11 is 5.71. The van der Waals surface area contributed by atoms with E-state index in [1.54, 1.807) is 24.4 Å². The summed E-state index contributed by atoms with van der Waals surface area (Å²) in [5, 5.41) is 14.2. The van der Waals surface area contributed by atoms with Gasteiger partial charge in [0.2, 0.25) is 5.82 Å². The van der Waals surface area contributed by atoms with Gasteiger partial charge in [0.1, 0.15) is 0 Å². The number of nitro groups is 1. The second-order valence-electron chi connectivity index (χ2n) is 4.98. The van der Waals surface area contributed by atoms with E-state index in [2.05, 4.69) is 15.3 Å². The summed E-state index contributed by atoms with van der Waals surface area (Å²) in [6.07, 6.45) is 1.57. The fourth-order valence-corrected chi connectivity index (χ4v) is 2.33. The Balaban J connectivity index is 1.98. The number of alkyl halides is 1. The van der Waals surface area contributed by atoms with Gasteiger partial charge in [0, 0.05) is 11.6 Å². The molecule has 0 amide bonds. The van der Waals surface area contributed by atoms with Crippen LogP contribution in [0.4, 0.5) is 17.2 Å². The molecule has 0 saturated carbocycles. The molecule has 0 aliphatic heterocycles. The SMILES string of the molecule is O=[N+]([O-])c1ccc(-c2ccccc2)nc1Nc1ccc(CCl)nc1. The Morgan fingerprint density at radius 2 is 1.88 bits per heavy atom. The van der Waals surface area contributed by atoms with Gasteiger partial charge in [0.05, 0.1) is 34.1 Å². The van der Waals surface area contributed by atoms with E-state index >= 15 is 0 Å². The lowest BCUT2D eigenvalue weighted by atomic mass is 10.1. The second-order valence-corrected chi connectivity index (χ2v) is 5.25. The summed E-state index contributed by atoms with van der Waals surface area (Å²) in [7, 11) is 0. The first-order chi connectivity index (χ1) is 11.7. The minimum Gasteiger partial charge on any atom is -0.333 e. The van der Waals surface area contributed by atoms with Gasteiger partial charge in [-0.2, -0.15) is 0 Å². The summed E-state index contributed by atoms with van der Waals surface area (Å²) in [5.74, 6) is 0.476. The van der Waals surface area contributed by atoms with Crippen LogP contribution in [0.25, 0.3) is 11.3 Å². The van der Waals surface area contributed by atoms with Crippen molar-refractivity contribution in [2.45, 2.75) is 5.88 Å². The van der Waals surface area contributed by atoms with Gasteiger partial charge < -0.3 is 5.32 Å². The van der Waals surface area contributed by atoms with E-state index in [-0.39, 0.29) is 11.5 Å². The molecule has 2 aromatic heterocycles. The number of hydrogen-bond acceptors (Lipinski definition) is 5. The number of nitrogens with one attached hydrogen (secondary N) is 1. The van der Waals surface area contributed by atoms with Crippen LogP contribution in [-0.4, -0.2) is 14.9 Å². The third-order valence-electron chi connectivity index (χ3n) is 3.36. The zero-order valence-corrected chi connectivity index (χ0v) is 13.3. The monoisotopic (exact) mass is 340 g/mol. The number of anilines is 2. The molecule has 0 bridgehead atoms. The van der Waals surface area contributed by atoms with Gasteiger partial charge in [-0.3, -0.25) is 15.1 Å². The molecule has 6 nitrogen and oxygen atoms in total. The Morgan fingerprint density at radius 1 is 1.08 bits per heavy atom. The molecule has 0 fully saturated rings. The van der Waals surface area contributed by atoms with Crippen LogP contribution in [0.5, 0.6) is 0 Å². The van der Waals surface area contributed by atoms with Crippen molar-refractivity contribution in [1.82, 2.24) is 9.97 Å². The summed E-state index contributed by atoms with van der Waals surface area (Å²) in [5.41, 5.74) is 2.75. The maximum absolute atomic E-state index is 11.3. The molecule has 7 heteroatoms. The highest BCUT2D eigenvalue weighted by atomic mass is 35.5. The Hall–Kier alpha value is -2.99. The fourth-order valence-electron chi connectivity index (χ4n) is 2.17. The van der Waals surface area contributed by atoms with E-state index in [0.717, 1.165) is 11.3 Å². The Morgan fingerprint density at radius 3 is 2.50 bits per heavy atom. The van der Waals surface area contributed by atoms with Crippen LogP contribution >= 0.6 is 11.6 Å². The average Bonchev–Trinajstić information content (AvgIpc) is 2.63. The van der Waals surface area contributed by atoms with Crippen LogP contribution < -0.4 is 5.32 Å². The molecule has 0 aliphatic carbocycles. The molecule has 1 N–H and O–H groups in total. The van der Waals surface area contributed by atoms with E-state index in [1.807, 2.05) is 30.3 Å². The topological polar surface area (TPSA) is 81.0 Å². The second kappa shape index (κ2) is 7.06. The van der Waals surface area contributed by atoms with Gasteiger partial charge in [-0.15, -0.1) is 11.6 Å². The van der Waals surface area contributed by atoms with Gasteiger partial charge >= 0.3 is 5.69 Å². The Labute approximate surface area is 143 Å². The predicted molar refractivity (Wildman–Crippen MR) is 93.4 cm³/mol. The van der Waals surface area contributed by atoms with Crippen LogP contribution in [0, 0.1) is 10.1 Å². The highest BCUT2D eigenvalue weighted by molar-refractivity contribution is 6.16. The van der Waals surface area contributed by atoms with Gasteiger partial charge in [0.25, 0.3) is 0 Å². The van der Waals surface area contributed by atoms with E-state index < -0.39 is 4.92 Å². The van der Waals surface area contributed by atoms with Gasteiger partial charge in [-0.05, 0) is 18.2 Å². The van der Waals surface area contributed by atoms with Crippen molar-refractivity contribution < 1.29 is 4.92 Å². The standard InChI is InChI=1S/C17H13ClN4O2/c18-10-13-6-7-14(11-19-13)20-17-16(22(23)24)9-8-15(21-17)12-4-2-1-3-5-12/h1-9,11H,10H2,(H,20,21). The average molecular weight is 341 g/mol. The zero-order chi connectivity index (χ0) is 16.9. The predicted octanol–water partition coefficient (Wildman–Crippen LogP) is 4.53. The van der Waals surface area contributed by atoms with Gasteiger partial charge in [-0.25, -0.2) is 4.98 Å². The third-order valence-corrected chi connectivity index (χ3v) is 3.64. The molecule has 1 aromatic carbocycles. The number of nitrogens with zero attached hydrogens (tertiary/aromatic N) is 3. The number of aromatic nitrogens is 2. The van der Waals surface area contributed by atoms with Gasteiger partial charge in [0.15, 0.2) is 0 Å². The van der Waals surface area contributed by atoms with Crippen molar-refractivity contribution in [2.24, 2.45) is 0 Å². The molecular formula is C17H13ClN4O2. The molecule has 3 rings (SSSR count). The molecule has 0 unspecified atom stereocenters. The van der Waals surface area contributed by atoms with Crippen molar-refractivity contribution >= 4 is 28.8 Å². The van der Waals surface area contributed by atoms with Crippen molar-refractivity contribution in [3.63, 3.8) is 0 Å². The van der Waals surface area contributed by atoms with Crippen LogP contribution in [0.15, 0.2) is 60.8 Å². The lowest BCUT2D eigenvalue weighted by molar-refractivity contribution is -0.384. The summed E-state index contributed by atoms with van der Waals surface area (Å²) < 4.78 is 0. The highest BCUT2D eigenvalue weighted by Gasteiger charge is 2.17. The minimum absolute atomic E-state index is 0.101. The number of halogens is 1. The summed E-state index contributed by atoms with van der Waals surface area (Å²) in [6, 6.07) is 16.1. The first-order valence-corrected chi connectivity index (χ1v) is 7.69. The Kier molecular flexibility index (Phi) is 4.67. The molecule has 3 aromatic rings. The first kappa shape index (κ1) is 15.9. The molecular weight excluding hydrogens is 328 g/mol. The lowest BCUT2D eigenvalue weighted by Crippen LogP contribution is -2.01. The van der Waals surface area contributed by atoms with Crippen molar-refractivity contribution in [3.05, 3.63) is 76.6 Å². The first-order valence-electron chi connectivity index (χ1n) is 7.16. The van der Waals surface area contributed by atoms with E-state index in [4.69, 9.17) is 11.6 Å². The fraction of sp³-hybridized carbons (Fsp3) is 0.0588. The lowest BCUT2D eigenvalue weighted by Gasteiger charge is -2.08. The molecule has 2 heterocycles. The van der Waals surface area contributed by atoms with Gasteiger partial charge in [-0.1, -0.05) is 30.3 Å². The molecule has 0 spiro atoms. The minimum atomic E-state index is -0.468. The zero-order valence-electron chi connectivity index (χ0n) is 12.5. The van der Waals surface area contributed by atoms with Crippen LogP contribution in [-0.2, 0) is 5.88 Å².